The molecule has 0 saturated carbocycles. The Bertz CT molecular complexity index is 906. The zero-order valence-corrected chi connectivity index (χ0v) is 11.4. The third kappa shape index (κ3) is 2.47. The molecule has 0 fully saturated rings. The third-order valence-electron chi connectivity index (χ3n) is 2.95. The van der Waals surface area contributed by atoms with Crippen molar-refractivity contribution in [3.05, 3.63) is 52.5 Å². The first kappa shape index (κ1) is 13.2. The van der Waals surface area contributed by atoms with Crippen LogP contribution in [0.4, 0.5) is 0 Å². The van der Waals surface area contributed by atoms with Crippen LogP contribution in [-0.4, -0.2) is 16.1 Å². The molecule has 1 N–H and O–H groups in total. The van der Waals surface area contributed by atoms with Gasteiger partial charge in [0.1, 0.15) is 5.52 Å². The van der Waals surface area contributed by atoms with Crippen LogP contribution in [0, 0.1) is 12.3 Å². The van der Waals surface area contributed by atoms with E-state index >= 15 is 0 Å². The van der Waals surface area contributed by atoms with Crippen LogP contribution < -0.4 is 0 Å². The zero-order chi connectivity index (χ0) is 15.0. The number of hydrogen-bond donors (Lipinski definition) is 1. The number of terminal acetylenes is 1. The van der Waals surface area contributed by atoms with Crippen molar-refractivity contribution >= 4 is 28.7 Å². The normalized spacial score (nSPS) is 10.5. The van der Waals surface area contributed by atoms with Crippen LogP contribution >= 0.6 is 11.6 Å². The molecule has 0 aliphatic carbocycles. The highest BCUT2D eigenvalue weighted by atomic mass is 35.5. The van der Waals surface area contributed by atoms with E-state index in [2.05, 4.69) is 10.9 Å². The van der Waals surface area contributed by atoms with Crippen LogP contribution in [0.3, 0.4) is 0 Å². The maximum Gasteiger partial charge on any atom is 0.335 e. The minimum atomic E-state index is -1.02. The highest BCUT2D eigenvalue weighted by Crippen LogP contribution is 2.28. The lowest BCUT2D eigenvalue weighted by Gasteiger charge is -1.98. The van der Waals surface area contributed by atoms with E-state index in [9.17, 15) is 4.79 Å². The molecule has 0 unspecified atom stereocenters. The summed E-state index contributed by atoms with van der Waals surface area (Å²) in [4.78, 5) is 15.3. The van der Waals surface area contributed by atoms with Crippen molar-refractivity contribution in [3.63, 3.8) is 0 Å². The molecular weight excluding hydrogens is 290 g/mol. The summed E-state index contributed by atoms with van der Waals surface area (Å²) >= 11 is 6.00. The predicted molar refractivity (Wildman–Crippen MR) is 79.3 cm³/mol. The number of aromatic nitrogens is 1. The van der Waals surface area contributed by atoms with Gasteiger partial charge in [0.2, 0.25) is 5.89 Å². The van der Waals surface area contributed by atoms with Gasteiger partial charge < -0.3 is 9.52 Å². The molecule has 0 amide bonds. The van der Waals surface area contributed by atoms with E-state index in [0.29, 0.717) is 33.1 Å². The van der Waals surface area contributed by atoms with Crippen LogP contribution in [-0.2, 0) is 0 Å². The van der Waals surface area contributed by atoms with Gasteiger partial charge in [0.05, 0.1) is 5.56 Å². The first-order chi connectivity index (χ1) is 10.1. The fourth-order valence-corrected chi connectivity index (χ4v) is 2.21. The zero-order valence-electron chi connectivity index (χ0n) is 10.6. The monoisotopic (exact) mass is 297 g/mol. The van der Waals surface area contributed by atoms with Crippen molar-refractivity contribution in [2.45, 2.75) is 0 Å². The molecule has 0 saturated heterocycles. The summed E-state index contributed by atoms with van der Waals surface area (Å²) in [7, 11) is 0. The Kier molecular flexibility index (Phi) is 3.13. The molecule has 1 aromatic heterocycles. The Morgan fingerprint density at radius 3 is 2.81 bits per heavy atom. The molecule has 3 rings (SSSR count). The van der Waals surface area contributed by atoms with Gasteiger partial charge in [0.15, 0.2) is 5.58 Å². The lowest BCUT2D eigenvalue weighted by molar-refractivity contribution is 0.0697. The van der Waals surface area contributed by atoms with Crippen LogP contribution in [0.15, 0.2) is 40.8 Å². The van der Waals surface area contributed by atoms with Crippen molar-refractivity contribution < 1.29 is 14.3 Å². The van der Waals surface area contributed by atoms with Gasteiger partial charge in [-0.05, 0) is 36.4 Å². The topological polar surface area (TPSA) is 63.3 Å². The van der Waals surface area contributed by atoms with Gasteiger partial charge in [0.25, 0.3) is 0 Å². The molecule has 0 bridgehead atoms. The smallest absolute Gasteiger partial charge is 0.335 e. The molecule has 0 atom stereocenters. The van der Waals surface area contributed by atoms with Gasteiger partial charge in [-0.15, -0.1) is 6.42 Å². The number of fused-ring (bicyclic) bond motifs is 1. The molecule has 0 aliphatic heterocycles. The van der Waals surface area contributed by atoms with Gasteiger partial charge in [-0.1, -0.05) is 17.5 Å². The molecule has 0 radical (unpaired) electrons. The van der Waals surface area contributed by atoms with Crippen LogP contribution in [0.2, 0.25) is 5.02 Å². The number of carbonyl (C=O) groups is 1. The van der Waals surface area contributed by atoms with Crippen molar-refractivity contribution in [2.24, 2.45) is 0 Å². The number of nitrogens with zero attached hydrogens (tertiary/aromatic N) is 1. The second kappa shape index (κ2) is 4.97. The summed E-state index contributed by atoms with van der Waals surface area (Å²) in [6.45, 7) is 0. The lowest BCUT2D eigenvalue weighted by atomic mass is 10.1. The Morgan fingerprint density at radius 1 is 1.29 bits per heavy atom. The van der Waals surface area contributed by atoms with E-state index in [-0.39, 0.29) is 5.56 Å². The van der Waals surface area contributed by atoms with Gasteiger partial charge in [-0.25, -0.2) is 9.78 Å². The summed E-state index contributed by atoms with van der Waals surface area (Å²) in [5, 5.41) is 9.45. The van der Waals surface area contributed by atoms with E-state index in [1.165, 1.54) is 12.1 Å². The summed E-state index contributed by atoms with van der Waals surface area (Å²) in [5.74, 6) is 1.82. The number of aromatic carboxylic acids is 1. The van der Waals surface area contributed by atoms with E-state index in [1.54, 1.807) is 24.3 Å². The van der Waals surface area contributed by atoms with E-state index in [4.69, 9.17) is 27.5 Å². The van der Waals surface area contributed by atoms with Crippen molar-refractivity contribution in [1.29, 1.82) is 0 Å². The molecule has 2 aromatic carbocycles. The Labute approximate surface area is 125 Å². The van der Waals surface area contributed by atoms with E-state index < -0.39 is 5.97 Å². The van der Waals surface area contributed by atoms with Gasteiger partial charge in [-0.3, -0.25) is 0 Å². The number of carboxylic acids is 1. The molecule has 4 nitrogen and oxygen atoms in total. The summed E-state index contributed by atoms with van der Waals surface area (Å²) < 4.78 is 5.60. The minimum absolute atomic E-state index is 0.139. The van der Waals surface area contributed by atoms with Crippen LogP contribution in [0.1, 0.15) is 15.9 Å². The van der Waals surface area contributed by atoms with Gasteiger partial charge >= 0.3 is 5.97 Å². The molecule has 102 valence electrons. The summed E-state index contributed by atoms with van der Waals surface area (Å²) in [6.07, 6.45) is 5.37. The summed E-state index contributed by atoms with van der Waals surface area (Å²) in [5.41, 5.74) is 2.36. The van der Waals surface area contributed by atoms with Gasteiger partial charge in [0, 0.05) is 16.1 Å². The second-order valence-corrected chi connectivity index (χ2v) is 4.82. The van der Waals surface area contributed by atoms with Crippen LogP contribution in [0.25, 0.3) is 22.6 Å². The maximum absolute atomic E-state index is 10.9. The van der Waals surface area contributed by atoms with Crippen LogP contribution in [0.5, 0.6) is 0 Å². The number of oxazole rings is 1. The number of benzene rings is 2. The summed E-state index contributed by atoms with van der Waals surface area (Å²) in [6, 6.07) is 9.58. The number of carboxylic acid groups (broad SMARTS) is 1. The second-order valence-electron chi connectivity index (χ2n) is 4.38. The van der Waals surface area contributed by atoms with Crippen molar-refractivity contribution in [1.82, 2.24) is 4.98 Å². The average Bonchev–Trinajstić information content (AvgIpc) is 2.89. The highest BCUT2D eigenvalue weighted by molar-refractivity contribution is 6.31. The number of hydrogen-bond acceptors (Lipinski definition) is 3. The third-order valence-corrected chi connectivity index (χ3v) is 3.17. The number of halogens is 1. The SMILES string of the molecule is C#Cc1cc(Cl)cc(-c2nc3ccc(C(=O)O)cc3o2)c1. The fourth-order valence-electron chi connectivity index (χ4n) is 1.98. The predicted octanol–water partition coefficient (Wildman–Crippen LogP) is 3.83. The van der Waals surface area contributed by atoms with Crippen molar-refractivity contribution in [2.75, 3.05) is 0 Å². The average molecular weight is 298 g/mol. The Hall–Kier alpha value is -2.77. The minimum Gasteiger partial charge on any atom is -0.478 e. The molecule has 5 heteroatoms. The highest BCUT2D eigenvalue weighted by Gasteiger charge is 2.12. The van der Waals surface area contributed by atoms with E-state index in [1.807, 2.05) is 0 Å². The fraction of sp³-hybridized carbons (Fsp3) is 0. The molecule has 21 heavy (non-hydrogen) atoms. The van der Waals surface area contributed by atoms with Gasteiger partial charge in [-0.2, -0.15) is 0 Å². The Morgan fingerprint density at radius 2 is 2.10 bits per heavy atom. The molecule has 3 aromatic rings. The lowest BCUT2D eigenvalue weighted by Crippen LogP contribution is -1.94. The first-order valence-electron chi connectivity index (χ1n) is 5.98. The quantitative estimate of drug-likeness (QED) is 0.730. The standard InChI is InChI=1S/C16H8ClNO3/c1-2-9-5-11(7-12(17)6-9)15-18-13-4-3-10(16(19)20)8-14(13)21-15/h1,3-8H,(H,19,20). The largest absolute Gasteiger partial charge is 0.478 e. The maximum atomic E-state index is 10.9. The van der Waals surface area contributed by atoms with Crippen molar-refractivity contribution in [3.8, 4) is 23.8 Å². The number of rotatable bonds is 2. The molecule has 0 spiro atoms. The Balaban J connectivity index is 2.15. The molecule has 1 heterocycles. The van der Waals surface area contributed by atoms with E-state index in [0.717, 1.165) is 0 Å². The molecular formula is C16H8ClNO3. The molecule has 0 aliphatic rings. The first-order valence-corrected chi connectivity index (χ1v) is 6.36.